The average Bonchev–Trinajstić information content (AvgIpc) is 2.68. The van der Waals surface area contributed by atoms with Crippen molar-refractivity contribution in [1.29, 1.82) is 0 Å². The van der Waals surface area contributed by atoms with Crippen LogP contribution in [0.3, 0.4) is 0 Å². The molecule has 0 aliphatic rings. The number of aromatic nitrogens is 1. The van der Waals surface area contributed by atoms with Crippen LogP contribution in [0.2, 0.25) is 0 Å². The third-order valence-electron chi connectivity index (χ3n) is 3.01. The standard InChI is InChI=1S/C15H22N2O/c1-11(2)16-9-13-4-5-14-6-7-17(10-12(3)18)15(14)8-13/h4-8,11-12,16,18H,9-10H2,1-3H3. The van der Waals surface area contributed by atoms with Gasteiger partial charge < -0.3 is 15.0 Å². The molecule has 1 heterocycles. The predicted molar refractivity (Wildman–Crippen MR) is 75.6 cm³/mol. The van der Waals surface area contributed by atoms with Gasteiger partial charge in [-0.3, -0.25) is 0 Å². The van der Waals surface area contributed by atoms with Gasteiger partial charge in [-0.25, -0.2) is 0 Å². The van der Waals surface area contributed by atoms with Crippen LogP contribution in [0.25, 0.3) is 10.9 Å². The zero-order valence-corrected chi connectivity index (χ0v) is 11.4. The number of rotatable bonds is 5. The van der Waals surface area contributed by atoms with E-state index >= 15 is 0 Å². The Labute approximate surface area is 108 Å². The number of nitrogens with zero attached hydrogens (tertiary/aromatic N) is 1. The Bertz CT molecular complexity index is 514. The first-order valence-corrected chi connectivity index (χ1v) is 6.55. The monoisotopic (exact) mass is 246 g/mol. The summed E-state index contributed by atoms with van der Waals surface area (Å²) in [6, 6.07) is 9.09. The van der Waals surface area contributed by atoms with E-state index in [9.17, 15) is 5.11 Å². The third-order valence-corrected chi connectivity index (χ3v) is 3.01. The molecule has 3 nitrogen and oxygen atoms in total. The van der Waals surface area contributed by atoms with Crippen molar-refractivity contribution in [3.8, 4) is 0 Å². The molecule has 0 saturated heterocycles. The van der Waals surface area contributed by atoms with Crippen LogP contribution in [0.1, 0.15) is 26.3 Å². The molecule has 0 radical (unpaired) electrons. The maximum absolute atomic E-state index is 9.50. The summed E-state index contributed by atoms with van der Waals surface area (Å²) in [6.07, 6.45) is 1.72. The average molecular weight is 246 g/mol. The normalized spacial score (nSPS) is 13.4. The Kier molecular flexibility index (Phi) is 4.04. The maximum atomic E-state index is 9.50. The van der Waals surface area contributed by atoms with Crippen LogP contribution in [-0.4, -0.2) is 21.8 Å². The smallest absolute Gasteiger partial charge is 0.0691 e. The van der Waals surface area contributed by atoms with Crippen molar-refractivity contribution >= 4 is 10.9 Å². The van der Waals surface area contributed by atoms with Gasteiger partial charge in [-0.15, -0.1) is 0 Å². The van der Waals surface area contributed by atoms with E-state index in [1.165, 1.54) is 16.5 Å². The zero-order valence-electron chi connectivity index (χ0n) is 11.4. The summed E-state index contributed by atoms with van der Waals surface area (Å²) in [4.78, 5) is 0. The lowest BCUT2D eigenvalue weighted by Crippen LogP contribution is -2.21. The summed E-state index contributed by atoms with van der Waals surface area (Å²) in [6.45, 7) is 7.64. The van der Waals surface area contributed by atoms with Crippen molar-refractivity contribution in [1.82, 2.24) is 9.88 Å². The van der Waals surface area contributed by atoms with Gasteiger partial charge in [0.15, 0.2) is 0 Å². The lowest BCUT2D eigenvalue weighted by molar-refractivity contribution is 0.175. The summed E-state index contributed by atoms with van der Waals surface area (Å²) in [5.41, 5.74) is 2.47. The topological polar surface area (TPSA) is 37.2 Å². The lowest BCUT2D eigenvalue weighted by atomic mass is 10.1. The van der Waals surface area contributed by atoms with Crippen molar-refractivity contribution in [2.75, 3.05) is 0 Å². The molecule has 1 aromatic heterocycles. The highest BCUT2D eigenvalue weighted by Gasteiger charge is 2.05. The van der Waals surface area contributed by atoms with Crippen LogP contribution in [0.15, 0.2) is 30.5 Å². The van der Waals surface area contributed by atoms with E-state index in [4.69, 9.17) is 0 Å². The van der Waals surface area contributed by atoms with Crippen LogP contribution in [0.5, 0.6) is 0 Å². The molecule has 3 heteroatoms. The second-order valence-corrected chi connectivity index (χ2v) is 5.25. The van der Waals surface area contributed by atoms with Crippen LogP contribution >= 0.6 is 0 Å². The largest absolute Gasteiger partial charge is 0.392 e. The van der Waals surface area contributed by atoms with Gasteiger partial charge in [0.05, 0.1) is 6.10 Å². The van der Waals surface area contributed by atoms with Crippen LogP contribution in [0.4, 0.5) is 0 Å². The molecule has 0 spiro atoms. The molecule has 1 unspecified atom stereocenters. The van der Waals surface area contributed by atoms with Crippen LogP contribution < -0.4 is 5.32 Å². The predicted octanol–water partition coefficient (Wildman–Crippen LogP) is 2.52. The molecule has 0 fully saturated rings. The van der Waals surface area contributed by atoms with E-state index in [1.54, 1.807) is 0 Å². The molecule has 2 rings (SSSR count). The summed E-state index contributed by atoms with van der Waals surface area (Å²) >= 11 is 0. The van der Waals surface area contributed by atoms with Gasteiger partial charge in [0.2, 0.25) is 0 Å². The minimum Gasteiger partial charge on any atom is -0.392 e. The van der Waals surface area contributed by atoms with Crippen molar-refractivity contribution in [3.05, 3.63) is 36.0 Å². The van der Waals surface area contributed by atoms with Gasteiger partial charge in [0.25, 0.3) is 0 Å². The number of aliphatic hydroxyl groups is 1. The van der Waals surface area contributed by atoms with E-state index < -0.39 is 0 Å². The molecule has 1 aromatic carbocycles. The number of fused-ring (bicyclic) bond motifs is 1. The van der Waals surface area contributed by atoms with Gasteiger partial charge in [0.1, 0.15) is 0 Å². The van der Waals surface area contributed by atoms with Crippen molar-refractivity contribution in [3.63, 3.8) is 0 Å². The molecule has 0 bridgehead atoms. The van der Waals surface area contributed by atoms with E-state index in [2.05, 4.69) is 48.0 Å². The first-order chi connectivity index (χ1) is 8.56. The van der Waals surface area contributed by atoms with Crippen molar-refractivity contribution < 1.29 is 5.11 Å². The summed E-state index contributed by atoms with van der Waals surface area (Å²) in [5.74, 6) is 0. The fraction of sp³-hybridized carbons (Fsp3) is 0.467. The molecule has 0 saturated carbocycles. The highest BCUT2D eigenvalue weighted by atomic mass is 16.3. The Morgan fingerprint density at radius 1 is 1.22 bits per heavy atom. The lowest BCUT2D eigenvalue weighted by Gasteiger charge is -2.10. The van der Waals surface area contributed by atoms with Gasteiger partial charge in [-0.2, -0.15) is 0 Å². The first kappa shape index (κ1) is 13.1. The van der Waals surface area contributed by atoms with Gasteiger partial charge in [-0.1, -0.05) is 26.0 Å². The Hall–Kier alpha value is -1.32. The maximum Gasteiger partial charge on any atom is 0.0691 e. The number of aliphatic hydroxyl groups excluding tert-OH is 1. The summed E-state index contributed by atoms with van der Waals surface area (Å²) in [5, 5.41) is 14.1. The molecule has 0 amide bonds. The molecule has 2 aromatic rings. The van der Waals surface area contributed by atoms with Gasteiger partial charge in [0, 0.05) is 30.8 Å². The first-order valence-electron chi connectivity index (χ1n) is 6.55. The molecule has 0 aliphatic heterocycles. The Morgan fingerprint density at radius 2 is 2.00 bits per heavy atom. The molecular formula is C15H22N2O. The molecule has 1 atom stereocenters. The third kappa shape index (κ3) is 3.12. The second kappa shape index (κ2) is 5.55. The Morgan fingerprint density at radius 3 is 2.67 bits per heavy atom. The fourth-order valence-electron chi connectivity index (χ4n) is 2.11. The Balaban J connectivity index is 2.24. The van der Waals surface area contributed by atoms with Crippen LogP contribution in [0, 0.1) is 0 Å². The van der Waals surface area contributed by atoms with E-state index in [-0.39, 0.29) is 6.10 Å². The number of benzene rings is 1. The molecule has 0 aliphatic carbocycles. The molecule has 98 valence electrons. The highest BCUT2D eigenvalue weighted by molar-refractivity contribution is 5.80. The minimum absolute atomic E-state index is 0.321. The summed E-state index contributed by atoms with van der Waals surface area (Å²) < 4.78 is 2.11. The summed E-state index contributed by atoms with van der Waals surface area (Å²) in [7, 11) is 0. The van der Waals surface area contributed by atoms with E-state index in [1.807, 2.05) is 13.1 Å². The van der Waals surface area contributed by atoms with Gasteiger partial charge >= 0.3 is 0 Å². The number of hydrogen-bond acceptors (Lipinski definition) is 2. The number of hydrogen-bond donors (Lipinski definition) is 2. The van der Waals surface area contributed by atoms with E-state index in [0.717, 1.165) is 6.54 Å². The minimum atomic E-state index is -0.321. The molecule has 18 heavy (non-hydrogen) atoms. The zero-order chi connectivity index (χ0) is 13.1. The van der Waals surface area contributed by atoms with Gasteiger partial charge in [-0.05, 0) is 30.0 Å². The SMILES string of the molecule is CC(O)Cn1ccc2ccc(CNC(C)C)cc21. The van der Waals surface area contributed by atoms with Crippen molar-refractivity contribution in [2.24, 2.45) is 0 Å². The van der Waals surface area contributed by atoms with E-state index in [0.29, 0.717) is 12.6 Å². The molecular weight excluding hydrogens is 224 g/mol. The molecule has 2 N–H and O–H groups in total. The fourth-order valence-corrected chi connectivity index (χ4v) is 2.11. The van der Waals surface area contributed by atoms with Crippen LogP contribution in [-0.2, 0) is 13.1 Å². The quantitative estimate of drug-likeness (QED) is 0.850. The van der Waals surface area contributed by atoms with Crippen molar-refractivity contribution in [2.45, 2.75) is 46.0 Å². The highest BCUT2D eigenvalue weighted by Crippen LogP contribution is 2.18. The number of nitrogens with one attached hydrogen (secondary N) is 1. The second-order valence-electron chi connectivity index (χ2n) is 5.25.